The summed E-state index contributed by atoms with van der Waals surface area (Å²) in [6.45, 7) is 14.5. The molecule has 1 fully saturated rings. The van der Waals surface area contributed by atoms with Gasteiger partial charge in [-0.05, 0) is 24.6 Å². The standard InChI is InChI=1S/C15H26O5Si/c1-10(20-21(7,8)14(2,3)4)11-9-15(11,12(16)18-5)13(17)19-6/h11H,1,9H2,2-8H3/t11-/m1/s1. The predicted molar refractivity (Wildman–Crippen MR) is 82.0 cm³/mol. The van der Waals surface area contributed by atoms with Gasteiger partial charge in [0, 0.05) is 5.92 Å². The smallest absolute Gasteiger partial charge is 0.324 e. The van der Waals surface area contributed by atoms with Crippen LogP contribution in [-0.2, 0) is 23.5 Å². The van der Waals surface area contributed by atoms with Gasteiger partial charge < -0.3 is 13.9 Å². The molecular formula is C15H26O5Si. The Morgan fingerprint density at radius 2 is 1.57 bits per heavy atom. The molecule has 0 heterocycles. The minimum Gasteiger partial charge on any atom is -0.547 e. The normalized spacial score (nSPS) is 20.4. The number of rotatable bonds is 5. The highest BCUT2D eigenvalue weighted by molar-refractivity contribution is 6.74. The number of hydrogen-bond acceptors (Lipinski definition) is 5. The molecule has 120 valence electrons. The zero-order valence-electron chi connectivity index (χ0n) is 14.0. The van der Waals surface area contributed by atoms with E-state index in [-0.39, 0.29) is 11.0 Å². The fraction of sp³-hybridized carbons (Fsp3) is 0.733. The van der Waals surface area contributed by atoms with Gasteiger partial charge in [-0.3, -0.25) is 9.59 Å². The van der Waals surface area contributed by atoms with Gasteiger partial charge in [0.25, 0.3) is 0 Å². The lowest BCUT2D eigenvalue weighted by Crippen LogP contribution is -2.41. The molecule has 0 amide bonds. The molecule has 0 aromatic rings. The van der Waals surface area contributed by atoms with Crippen molar-refractivity contribution in [2.24, 2.45) is 11.3 Å². The van der Waals surface area contributed by atoms with Gasteiger partial charge in [-0.25, -0.2) is 0 Å². The van der Waals surface area contributed by atoms with Crippen LogP contribution in [0.15, 0.2) is 12.3 Å². The van der Waals surface area contributed by atoms with Crippen LogP contribution in [0.3, 0.4) is 0 Å². The molecule has 1 rings (SSSR count). The summed E-state index contributed by atoms with van der Waals surface area (Å²) in [7, 11) is 0.481. The second-order valence-electron chi connectivity index (χ2n) is 7.04. The van der Waals surface area contributed by atoms with Crippen molar-refractivity contribution in [2.45, 2.75) is 45.3 Å². The average Bonchev–Trinajstić information content (AvgIpc) is 3.11. The average molecular weight is 314 g/mol. The van der Waals surface area contributed by atoms with Crippen molar-refractivity contribution in [2.75, 3.05) is 14.2 Å². The Balaban J connectivity index is 2.92. The molecular weight excluding hydrogens is 288 g/mol. The first-order chi connectivity index (χ1) is 9.44. The second kappa shape index (κ2) is 5.48. The van der Waals surface area contributed by atoms with Crippen molar-refractivity contribution in [3.8, 4) is 0 Å². The summed E-state index contributed by atoms with van der Waals surface area (Å²) < 4.78 is 15.6. The summed E-state index contributed by atoms with van der Waals surface area (Å²) >= 11 is 0. The number of carbonyl (C=O) groups excluding carboxylic acids is 2. The fourth-order valence-electron chi connectivity index (χ4n) is 2.10. The predicted octanol–water partition coefficient (Wildman–Crippen LogP) is 2.87. The number of allylic oxidation sites excluding steroid dienone is 1. The molecule has 5 nitrogen and oxygen atoms in total. The molecule has 0 unspecified atom stereocenters. The Kier molecular flexibility index (Phi) is 4.63. The van der Waals surface area contributed by atoms with Gasteiger partial charge in [-0.1, -0.05) is 27.4 Å². The first kappa shape index (κ1) is 17.7. The number of methoxy groups -OCH3 is 2. The van der Waals surface area contributed by atoms with E-state index in [0.717, 1.165) is 0 Å². The lowest BCUT2D eigenvalue weighted by Gasteiger charge is -2.37. The van der Waals surface area contributed by atoms with Crippen molar-refractivity contribution >= 4 is 20.3 Å². The fourth-order valence-corrected chi connectivity index (χ4v) is 3.21. The molecule has 1 aliphatic carbocycles. The summed E-state index contributed by atoms with van der Waals surface area (Å²) in [5.74, 6) is -1.05. The number of carbonyl (C=O) groups is 2. The highest BCUT2D eigenvalue weighted by Crippen LogP contribution is 2.58. The SMILES string of the molecule is C=C(O[Si](C)(C)C(C)(C)C)[C@H]1CC1(C(=O)OC)C(=O)OC. The maximum absolute atomic E-state index is 12.0. The summed E-state index contributed by atoms with van der Waals surface area (Å²) in [6, 6.07) is 0. The van der Waals surface area contributed by atoms with E-state index >= 15 is 0 Å². The summed E-state index contributed by atoms with van der Waals surface area (Å²) in [6.07, 6.45) is 0.333. The van der Waals surface area contributed by atoms with E-state index in [1.54, 1.807) is 0 Å². The van der Waals surface area contributed by atoms with Crippen LogP contribution in [0.2, 0.25) is 18.1 Å². The van der Waals surface area contributed by atoms with Crippen molar-refractivity contribution in [1.29, 1.82) is 0 Å². The van der Waals surface area contributed by atoms with Crippen molar-refractivity contribution in [3.63, 3.8) is 0 Å². The molecule has 1 aliphatic rings. The third-order valence-electron chi connectivity index (χ3n) is 4.64. The first-order valence-corrected chi connectivity index (χ1v) is 9.89. The van der Waals surface area contributed by atoms with Gasteiger partial charge in [0.05, 0.1) is 20.0 Å². The monoisotopic (exact) mass is 314 g/mol. The van der Waals surface area contributed by atoms with Gasteiger partial charge in [0.15, 0.2) is 5.41 Å². The molecule has 6 heteroatoms. The Bertz CT molecular complexity index is 445. The molecule has 0 bridgehead atoms. The van der Waals surface area contributed by atoms with Crippen molar-refractivity contribution in [1.82, 2.24) is 0 Å². The van der Waals surface area contributed by atoms with Crippen molar-refractivity contribution < 1.29 is 23.5 Å². The van der Waals surface area contributed by atoms with E-state index in [4.69, 9.17) is 13.9 Å². The van der Waals surface area contributed by atoms with Crippen LogP contribution in [0, 0.1) is 11.3 Å². The maximum atomic E-state index is 12.0. The van der Waals surface area contributed by atoms with E-state index in [1.807, 2.05) is 0 Å². The number of esters is 2. The summed E-state index contributed by atoms with van der Waals surface area (Å²) in [4.78, 5) is 23.9. The Labute approximate surface area is 127 Å². The van der Waals surface area contributed by atoms with Gasteiger partial charge >= 0.3 is 11.9 Å². The maximum Gasteiger partial charge on any atom is 0.324 e. The summed E-state index contributed by atoms with van der Waals surface area (Å²) in [5.41, 5.74) is -1.27. The van der Waals surface area contributed by atoms with Crippen LogP contribution in [0.4, 0.5) is 0 Å². The van der Waals surface area contributed by atoms with Crippen LogP contribution >= 0.6 is 0 Å². The topological polar surface area (TPSA) is 61.8 Å². The van der Waals surface area contributed by atoms with Gasteiger partial charge in [-0.2, -0.15) is 0 Å². The van der Waals surface area contributed by atoms with E-state index in [2.05, 4.69) is 40.4 Å². The molecule has 21 heavy (non-hydrogen) atoms. The van der Waals surface area contributed by atoms with Crippen LogP contribution in [0.5, 0.6) is 0 Å². The summed E-state index contributed by atoms with van der Waals surface area (Å²) in [5, 5.41) is 0.0179. The molecule has 0 aromatic carbocycles. The lowest BCUT2D eigenvalue weighted by atomic mass is 10.0. The van der Waals surface area contributed by atoms with Crippen molar-refractivity contribution in [3.05, 3.63) is 12.3 Å². The van der Waals surface area contributed by atoms with Gasteiger partial charge in [0.2, 0.25) is 8.32 Å². The van der Waals surface area contributed by atoms with E-state index in [9.17, 15) is 9.59 Å². The van der Waals surface area contributed by atoms with Gasteiger partial charge in [0.1, 0.15) is 0 Å². The molecule has 0 saturated heterocycles. The number of ether oxygens (including phenoxy) is 2. The third-order valence-corrected chi connectivity index (χ3v) is 9.03. The van der Waals surface area contributed by atoms with E-state index in [0.29, 0.717) is 12.2 Å². The van der Waals surface area contributed by atoms with Gasteiger partial charge in [-0.15, -0.1) is 0 Å². The Morgan fingerprint density at radius 1 is 1.14 bits per heavy atom. The molecule has 0 N–H and O–H groups in total. The first-order valence-electron chi connectivity index (χ1n) is 6.98. The molecule has 0 spiro atoms. The zero-order chi connectivity index (χ0) is 16.6. The molecule has 0 radical (unpaired) electrons. The minimum atomic E-state index is -2.05. The Hall–Kier alpha value is -1.30. The molecule has 1 atom stereocenters. The van der Waals surface area contributed by atoms with Crippen LogP contribution in [-0.4, -0.2) is 34.5 Å². The lowest BCUT2D eigenvalue weighted by molar-refractivity contribution is -0.162. The second-order valence-corrected chi connectivity index (χ2v) is 11.8. The third kappa shape index (κ3) is 3.00. The molecule has 0 aromatic heterocycles. The van der Waals surface area contributed by atoms with Crippen LogP contribution < -0.4 is 0 Å². The Morgan fingerprint density at radius 3 is 1.90 bits per heavy atom. The highest BCUT2D eigenvalue weighted by atomic mass is 28.4. The molecule has 0 aliphatic heterocycles. The van der Waals surface area contributed by atoms with Crippen LogP contribution in [0.1, 0.15) is 27.2 Å². The van der Waals surface area contributed by atoms with E-state index in [1.165, 1.54) is 14.2 Å². The minimum absolute atomic E-state index is 0.0179. The van der Waals surface area contributed by atoms with Crippen LogP contribution in [0.25, 0.3) is 0 Å². The molecule has 1 saturated carbocycles. The number of hydrogen-bond donors (Lipinski definition) is 0. The quantitative estimate of drug-likeness (QED) is 0.338. The highest BCUT2D eigenvalue weighted by Gasteiger charge is 2.70. The largest absolute Gasteiger partial charge is 0.547 e. The zero-order valence-corrected chi connectivity index (χ0v) is 15.0. The van der Waals surface area contributed by atoms with E-state index < -0.39 is 25.7 Å².